The van der Waals surface area contributed by atoms with Crippen molar-refractivity contribution in [3.63, 3.8) is 0 Å². The van der Waals surface area contributed by atoms with E-state index in [1.165, 1.54) is 6.21 Å². The van der Waals surface area contributed by atoms with Gasteiger partial charge >= 0.3 is 0 Å². The summed E-state index contributed by atoms with van der Waals surface area (Å²) in [5.41, 5.74) is 6.62. The van der Waals surface area contributed by atoms with Crippen LogP contribution in [-0.2, 0) is 14.8 Å². The third-order valence-corrected chi connectivity index (χ3v) is 6.82. The quantitative estimate of drug-likeness (QED) is 0.407. The number of aryl methyl sites for hydroxylation is 2. The van der Waals surface area contributed by atoms with Crippen molar-refractivity contribution < 1.29 is 13.2 Å². The Balaban J connectivity index is 1.79. The number of nitrogens with zero attached hydrogens (tertiary/aromatic N) is 3. The van der Waals surface area contributed by atoms with Gasteiger partial charge in [-0.25, -0.2) is 13.8 Å². The van der Waals surface area contributed by atoms with E-state index in [-0.39, 0.29) is 4.90 Å². The van der Waals surface area contributed by atoms with Gasteiger partial charge in [-0.3, -0.25) is 9.10 Å². The minimum absolute atomic E-state index is 0.117. The third kappa shape index (κ3) is 6.20. The molecule has 0 aliphatic carbocycles. The van der Waals surface area contributed by atoms with Gasteiger partial charge < -0.3 is 4.90 Å². The standard InChI is InChI=1S/C25H28N4O3S/c1-19-5-11-23(12-6-19)29(33(31,32)24-15-7-20(2)8-16-24)18-25(30)27-26-17-21-9-13-22(14-10-21)28(3)4/h5-17H,18H2,1-4H3,(H,27,30)/b26-17-. The number of carbonyl (C=O) groups is 1. The van der Waals surface area contributed by atoms with Crippen LogP contribution < -0.4 is 14.6 Å². The number of nitrogens with one attached hydrogen (secondary N) is 1. The summed E-state index contributed by atoms with van der Waals surface area (Å²) in [7, 11) is -0.0486. The SMILES string of the molecule is Cc1ccc(N(CC(=O)N/N=C\c2ccc(N(C)C)cc2)S(=O)(=O)c2ccc(C)cc2)cc1. The van der Waals surface area contributed by atoms with E-state index in [0.29, 0.717) is 5.69 Å². The minimum Gasteiger partial charge on any atom is -0.378 e. The lowest BCUT2D eigenvalue weighted by molar-refractivity contribution is -0.119. The van der Waals surface area contributed by atoms with Gasteiger partial charge in [0, 0.05) is 19.8 Å². The van der Waals surface area contributed by atoms with E-state index in [2.05, 4.69) is 10.5 Å². The Kier molecular flexibility index (Phi) is 7.50. The molecule has 0 atom stereocenters. The first-order valence-corrected chi connectivity index (χ1v) is 11.9. The number of hydrogen-bond donors (Lipinski definition) is 1. The maximum absolute atomic E-state index is 13.4. The second-order valence-corrected chi connectivity index (χ2v) is 9.80. The van der Waals surface area contributed by atoms with Crippen molar-refractivity contribution in [3.8, 4) is 0 Å². The Hall–Kier alpha value is -3.65. The number of hydrazone groups is 1. The zero-order valence-corrected chi connectivity index (χ0v) is 20.0. The average Bonchev–Trinajstić information content (AvgIpc) is 2.79. The van der Waals surface area contributed by atoms with E-state index in [0.717, 1.165) is 26.7 Å². The molecule has 3 aromatic rings. The lowest BCUT2D eigenvalue weighted by atomic mass is 10.2. The summed E-state index contributed by atoms with van der Waals surface area (Å²) in [5.74, 6) is -0.549. The van der Waals surface area contributed by atoms with Gasteiger partial charge in [0.05, 0.1) is 16.8 Å². The molecule has 0 aliphatic rings. The Morgan fingerprint density at radius 2 is 1.36 bits per heavy atom. The molecule has 3 rings (SSSR count). The van der Waals surface area contributed by atoms with Crippen LogP contribution in [0, 0.1) is 13.8 Å². The zero-order chi connectivity index (χ0) is 24.0. The summed E-state index contributed by atoms with van der Waals surface area (Å²) in [5, 5.41) is 3.98. The van der Waals surface area contributed by atoms with E-state index in [1.54, 1.807) is 48.5 Å². The molecule has 7 nitrogen and oxygen atoms in total. The predicted molar refractivity (Wildman–Crippen MR) is 133 cm³/mol. The van der Waals surface area contributed by atoms with Crippen LogP contribution in [0.3, 0.4) is 0 Å². The molecular weight excluding hydrogens is 436 g/mol. The highest BCUT2D eigenvalue weighted by Crippen LogP contribution is 2.24. The monoisotopic (exact) mass is 464 g/mol. The Morgan fingerprint density at radius 1 is 0.848 bits per heavy atom. The average molecular weight is 465 g/mol. The van der Waals surface area contributed by atoms with Gasteiger partial charge in [0.1, 0.15) is 6.54 Å². The Morgan fingerprint density at radius 3 is 1.91 bits per heavy atom. The molecule has 0 fully saturated rings. The van der Waals surface area contributed by atoms with Crippen LogP contribution in [0.4, 0.5) is 11.4 Å². The number of rotatable bonds is 8. The molecule has 33 heavy (non-hydrogen) atoms. The number of carbonyl (C=O) groups excluding carboxylic acids is 1. The van der Waals surface area contributed by atoms with E-state index >= 15 is 0 Å². The molecule has 1 amide bonds. The molecule has 8 heteroatoms. The molecule has 0 unspecified atom stereocenters. The van der Waals surface area contributed by atoms with Crippen LogP contribution in [0.15, 0.2) is 82.8 Å². The van der Waals surface area contributed by atoms with E-state index in [1.807, 2.05) is 57.1 Å². The highest BCUT2D eigenvalue weighted by atomic mass is 32.2. The lowest BCUT2D eigenvalue weighted by Crippen LogP contribution is -2.39. The summed E-state index contributed by atoms with van der Waals surface area (Å²) in [6, 6.07) is 21.2. The second-order valence-electron chi connectivity index (χ2n) is 7.94. The van der Waals surface area contributed by atoms with Gasteiger partial charge in [-0.15, -0.1) is 0 Å². The van der Waals surface area contributed by atoms with Crippen molar-refractivity contribution in [2.75, 3.05) is 29.8 Å². The summed E-state index contributed by atoms with van der Waals surface area (Å²) in [4.78, 5) is 14.7. The largest absolute Gasteiger partial charge is 0.378 e. The fourth-order valence-electron chi connectivity index (χ4n) is 3.07. The molecule has 3 aromatic carbocycles. The number of anilines is 2. The predicted octanol–water partition coefficient (Wildman–Crippen LogP) is 3.72. The first-order chi connectivity index (χ1) is 15.7. The van der Waals surface area contributed by atoms with Crippen LogP contribution in [0.25, 0.3) is 0 Å². The molecule has 0 radical (unpaired) electrons. The van der Waals surface area contributed by atoms with Crippen molar-refractivity contribution in [1.29, 1.82) is 0 Å². The molecule has 0 aliphatic heterocycles. The van der Waals surface area contributed by atoms with Crippen LogP contribution in [-0.4, -0.2) is 41.2 Å². The fourth-order valence-corrected chi connectivity index (χ4v) is 4.49. The molecule has 0 spiro atoms. The normalized spacial score (nSPS) is 11.4. The summed E-state index contributed by atoms with van der Waals surface area (Å²) in [6.07, 6.45) is 1.52. The van der Waals surface area contributed by atoms with E-state index in [4.69, 9.17) is 0 Å². The van der Waals surface area contributed by atoms with E-state index in [9.17, 15) is 13.2 Å². The Labute approximate surface area is 195 Å². The van der Waals surface area contributed by atoms with Gasteiger partial charge in [-0.05, 0) is 55.8 Å². The first-order valence-electron chi connectivity index (χ1n) is 10.4. The molecule has 0 heterocycles. The number of sulfonamides is 1. The molecular formula is C25H28N4O3S. The molecule has 0 saturated heterocycles. The maximum atomic E-state index is 13.4. The van der Waals surface area contributed by atoms with Gasteiger partial charge in [-0.2, -0.15) is 5.10 Å². The molecule has 172 valence electrons. The third-order valence-electron chi connectivity index (χ3n) is 5.03. The highest BCUT2D eigenvalue weighted by Gasteiger charge is 2.27. The van der Waals surface area contributed by atoms with Gasteiger partial charge in [0.15, 0.2) is 0 Å². The minimum atomic E-state index is -3.95. The van der Waals surface area contributed by atoms with Crippen molar-refractivity contribution in [3.05, 3.63) is 89.5 Å². The summed E-state index contributed by atoms with van der Waals surface area (Å²) >= 11 is 0. The van der Waals surface area contributed by atoms with Crippen molar-refractivity contribution in [1.82, 2.24) is 5.43 Å². The van der Waals surface area contributed by atoms with Crippen LogP contribution in [0.1, 0.15) is 16.7 Å². The Bertz CT molecular complexity index is 1220. The van der Waals surface area contributed by atoms with Gasteiger partial charge in [-0.1, -0.05) is 47.5 Å². The van der Waals surface area contributed by atoms with Gasteiger partial charge in [0.2, 0.25) is 0 Å². The topological polar surface area (TPSA) is 82.1 Å². The summed E-state index contributed by atoms with van der Waals surface area (Å²) in [6.45, 7) is 3.39. The van der Waals surface area contributed by atoms with Crippen molar-refractivity contribution in [2.24, 2.45) is 5.10 Å². The van der Waals surface area contributed by atoms with E-state index < -0.39 is 22.5 Å². The highest BCUT2D eigenvalue weighted by molar-refractivity contribution is 7.92. The molecule has 1 N–H and O–H groups in total. The van der Waals surface area contributed by atoms with Crippen LogP contribution in [0.2, 0.25) is 0 Å². The molecule has 0 bridgehead atoms. The van der Waals surface area contributed by atoms with Crippen LogP contribution >= 0.6 is 0 Å². The van der Waals surface area contributed by atoms with Crippen molar-refractivity contribution >= 4 is 33.5 Å². The fraction of sp³-hybridized carbons (Fsp3) is 0.200. The molecule has 0 aromatic heterocycles. The smallest absolute Gasteiger partial charge is 0.264 e. The van der Waals surface area contributed by atoms with Gasteiger partial charge in [0.25, 0.3) is 15.9 Å². The first kappa shape index (κ1) is 24.0. The lowest BCUT2D eigenvalue weighted by Gasteiger charge is -2.24. The number of hydrogen-bond acceptors (Lipinski definition) is 5. The summed E-state index contributed by atoms with van der Waals surface area (Å²) < 4.78 is 27.8. The maximum Gasteiger partial charge on any atom is 0.264 e. The van der Waals surface area contributed by atoms with Crippen molar-refractivity contribution in [2.45, 2.75) is 18.7 Å². The zero-order valence-electron chi connectivity index (χ0n) is 19.2. The molecule has 0 saturated carbocycles. The van der Waals surface area contributed by atoms with Crippen LogP contribution in [0.5, 0.6) is 0 Å². The second kappa shape index (κ2) is 10.3. The number of amides is 1. The number of benzene rings is 3.